The number of hydrogen-bond donors (Lipinski definition) is 0. The molecule has 0 saturated heterocycles. The Labute approximate surface area is 114 Å². The Bertz CT molecular complexity index is 747. The van der Waals surface area contributed by atoms with Crippen LogP contribution < -0.4 is 4.31 Å². The molecule has 0 atom stereocenters. The number of benzene rings is 2. The van der Waals surface area contributed by atoms with Gasteiger partial charge in [-0.25, -0.2) is 21.6 Å². The molecular weight excluding hydrogens is 291 g/mol. The van der Waals surface area contributed by atoms with Crippen LogP contribution in [0.15, 0.2) is 47.4 Å². The third kappa shape index (κ3) is 2.49. The number of sulfonamides is 1. The molecule has 106 valence electrons. The number of halogens is 3. The first-order chi connectivity index (χ1) is 9.34. The van der Waals surface area contributed by atoms with Crippen LogP contribution in [0.2, 0.25) is 0 Å². The normalized spacial score (nSPS) is 11.4. The maximum Gasteiger partial charge on any atom is 0.267 e. The summed E-state index contributed by atoms with van der Waals surface area (Å²) in [5.74, 6) is -2.88. The predicted molar refractivity (Wildman–Crippen MR) is 68.3 cm³/mol. The number of para-hydroxylation sites is 1. The van der Waals surface area contributed by atoms with E-state index in [-0.39, 0.29) is 5.69 Å². The fraction of sp³-hybridized carbons (Fsp3) is 0.0769. The maximum atomic E-state index is 13.6. The quantitative estimate of drug-likeness (QED) is 0.874. The lowest BCUT2D eigenvalue weighted by molar-refractivity contribution is 0.547. The van der Waals surface area contributed by atoms with Crippen LogP contribution in [0.1, 0.15) is 0 Å². The summed E-state index contributed by atoms with van der Waals surface area (Å²) in [7, 11) is -3.22. The molecule has 20 heavy (non-hydrogen) atoms. The molecule has 0 saturated carbocycles. The molecule has 0 aromatic heterocycles. The average molecular weight is 301 g/mol. The van der Waals surface area contributed by atoms with Crippen LogP contribution in [-0.2, 0) is 10.0 Å². The van der Waals surface area contributed by atoms with Gasteiger partial charge in [0.15, 0.2) is 0 Å². The fourth-order valence-corrected chi connectivity index (χ4v) is 2.92. The molecule has 2 aromatic carbocycles. The largest absolute Gasteiger partial charge is 0.267 e. The third-order valence-electron chi connectivity index (χ3n) is 2.72. The number of anilines is 1. The van der Waals surface area contributed by atoms with E-state index in [1.165, 1.54) is 18.2 Å². The van der Waals surface area contributed by atoms with Crippen LogP contribution in [0, 0.1) is 17.5 Å². The van der Waals surface area contributed by atoms with Gasteiger partial charge >= 0.3 is 0 Å². The van der Waals surface area contributed by atoms with Gasteiger partial charge in [-0.1, -0.05) is 12.1 Å². The van der Waals surface area contributed by atoms with Crippen molar-refractivity contribution in [2.75, 3.05) is 11.4 Å². The molecule has 3 nitrogen and oxygen atoms in total. The standard InChI is InChI=1S/C13H10F3NO2S/c1-17(12-5-3-2-4-10(12)15)20(18,19)13-7-6-9(14)8-11(13)16/h2-8H,1H3. The monoisotopic (exact) mass is 301 g/mol. The second-order valence-electron chi connectivity index (χ2n) is 4.00. The van der Waals surface area contributed by atoms with Gasteiger partial charge in [0.05, 0.1) is 5.69 Å². The molecule has 7 heteroatoms. The van der Waals surface area contributed by atoms with Gasteiger partial charge in [0.25, 0.3) is 10.0 Å². The highest BCUT2D eigenvalue weighted by Crippen LogP contribution is 2.26. The summed E-state index contributed by atoms with van der Waals surface area (Å²) in [4.78, 5) is -0.718. The number of rotatable bonds is 3. The molecule has 0 heterocycles. The van der Waals surface area contributed by atoms with E-state index in [2.05, 4.69) is 0 Å². The van der Waals surface area contributed by atoms with E-state index >= 15 is 0 Å². The Morgan fingerprint density at radius 1 is 0.950 bits per heavy atom. The van der Waals surface area contributed by atoms with Crippen LogP contribution in [-0.4, -0.2) is 15.5 Å². The Kier molecular flexibility index (Phi) is 3.71. The summed E-state index contributed by atoms with van der Waals surface area (Å²) in [6, 6.07) is 7.27. The predicted octanol–water partition coefficient (Wildman–Crippen LogP) is 2.93. The van der Waals surface area contributed by atoms with Crippen LogP contribution in [0.5, 0.6) is 0 Å². The average Bonchev–Trinajstić information content (AvgIpc) is 2.38. The summed E-state index contributed by atoms with van der Waals surface area (Å²) >= 11 is 0. The van der Waals surface area contributed by atoms with E-state index in [0.29, 0.717) is 10.4 Å². The molecular formula is C13H10F3NO2S. The zero-order chi connectivity index (χ0) is 14.9. The third-order valence-corrected chi connectivity index (χ3v) is 4.53. The molecule has 2 aromatic rings. The van der Waals surface area contributed by atoms with Crippen molar-refractivity contribution in [1.82, 2.24) is 0 Å². The van der Waals surface area contributed by atoms with Crippen LogP contribution in [0.25, 0.3) is 0 Å². The summed E-state index contributed by atoms with van der Waals surface area (Å²) < 4.78 is 65.0. The molecule has 0 unspecified atom stereocenters. The van der Waals surface area contributed by atoms with Gasteiger partial charge in [0.1, 0.15) is 22.3 Å². The molecule has 0 bridgehead atoms. The van der Waals surface area contributed by atoms with Gasteiger partial charge in [-0.2, -0.15) is 0 Å². The first-order valence-corrected chi connectivity index (χ1v) is 6.96. The van der Waals surface area contributed by atoms with Crippen molar-refractivity contribution in [2.24, 2.45) is 0 Å². The van der Waals surface area contributed by atoms with Gasteiger partial charge in [0, 0.05) is 13.1 Å². The minimum Gasteiger partial charge on any atom is -0.266 e. The van der Waals surface area contributed by atoms with Crippen molar-refractivity contribution in [1.29, 1.82) is 0 Å². The SMILES string of the molecule is CN(c1ccccc1F)S(=O)(=O)c1ccc(F)cc1F. The van der Waals surface area contributed by atoms with Gasteiger partial charge in [-0.05, 0) is 24.3 Å². The second kappa shape index (κ2) is 5.16. The zero-order valence-electron chi connectivity index (χ0n) is 10.3. The van der Waals surface area contributed by atoms with Crippen molar-refractivity contribution in [3.05, 3.63) is 59.9 Å². The van der Waals surface area contributed by atoms with Crippen LogP contribution in [0.3, 0.4) is 0 Å². The smallest absolute Gasteiger partial charge is 0.266 e. The Morgan fingerprint density at radius 2 is 1.60 bits per heavy atom. The molecule has 0 spiro atoms. The Balaban J connectivity index is 2.53. The summed E-state index contributed by atoms with van der Waals surface area (Å²) in [6.07, 6.45) is 0. The highest BCUT2D eigenvalue weighted by atomic mass is 32.2. The van der Waals surface area contributed by atoms with Crippen molar-refractivity contribution >= 4 is 15.7 Å². The van der Waals surface area contributed by atoms with Crippen LogP contribution in [0.4, 0.5) is 18.9 Å². The highest BCUT2D eigenvalue weighted by Gasteiger charge is 2.26. The van der Waals surface area contributed by atoms with Gasteiger partial charge < -0.3 is 0 Å². The van der Waals surface area contributed by atoms with Crippen molar-refractivity contribution in [3.8, 4) is 0 Å². The summed E-state index contributed by atoms with van der Waals surface area (Å²) in [6.45, 7) is 0. The zero-order valence-corrected chi connectivity index (χ0v) is 11.2. The lowest BCUT2D eigenvalue weighted by atomic mass is 10.3. The Hall–Kier alpha value is -2.02. The fourth-order valence-electron chi connectivity index (χ4n) is 1.67. The number of nitrogens with zero attached hydrogens (tertiary/aromatic N) is 1. The minimum absolute atomic E-state index is 0.226. The summed E-state index contributed by atoms with van der Waals surface area (Å²) in [5, 5.41) is 0. The highest BCUT2D eigenvalue weighted by molar-refractivity contribution is 7.92. The van der Waals surface area contributed by atoms with E-state index in [1.54, 1.807) is 0 Å². The van der Waals surface area contributed by atoms with E-state index in [4.69, 9.17) is 0 Å². The summed E-state index contributed by atoms with van der Waals surface area (Å²) in [5.41, 5.74) is -0.226. The van der Waals surface area contributed by atoms with Gasteiger partial charge in [-0.15, -0.1) is 0 Å². The first kappa shape index (κ1) is 14.4. The lowest BCUT2D eigenvalue weighted by Gasteiger charge is -2.20. The molecule has 0 aliphatic carbocycles. The van der Waals surface area contributed by atoms with E-state index in [0.717, 1.165) is 25.2 Å². The molecule has 0 amide bonds. The first-order valence-electron chi connectivity index (χ1n) is 5.52. The topological polar surface area (TPSA) is 37.4 Å². The Morgan fingerprint density at radius 3 is 2.20 bits per heavy atom. The molecule has 0 N–H and O–H groups in total. The molecule has 0 aliphatic rings. The maximum absolute atomic E-state index is 13.6. The van der Waals surface area contributed by atoms with Crippen molar-refractivity contribution < 1.29 is 21.6 Å². The lowest BCUT2D eigenvalue weighted by Crippen LogP contribution is -2.28. The molecule has 0 fully saturated rings. The molecule has 2 rings (SSSR count). The van der Waals surface area contributed by atoms with E-state index < -0.39 is 32.4 Å². The van der Waals surface area contributed by atoms with Gasteiger partial charge in [0.2, 0.25) is 0 Å². The van der Waals surface area contributed by atoms with Crippen molar-refractivity contribution in [3.63, 3.8) is 0 Å². The second-order valence-corrected chi connectivity index (χ2v) is 5.94. The number of hydrogen-bond acceptors (Lipinski definition) is 2. The minimum atomic E-state index is -4.31. The van der Waals surface area contributed by atoms with E-state index in [1.807, 2.05) is 0 Å². The van der Waals surface area contributed by atoms with Crippen LogP contribution >= 0.6 is 0 Å². The van der Waals surface area contributed by atoms with Gasteiger partial charge in [-0.3, -0.25) is 4.31 Å². The molecule has 0 radical (unpaired) electrons. The van der Waals surface area contributed by atoms with Crippen molar-refractivity contribution in [2.45, 2.75) is 4.90 Å². The molecule has 0 aliphatic heterocycles. The van der Waals surface area contributed by atoms with E-state index in [9.17, 15) is 21.6 Å².